The number of anilines is 6. The van der Waals surface area contributed by atoms with Gasteiger partial charge in [0.1, 0.15) is 11.2 Å². The lowest BCUT2D eigenvalue weighted by Gasteiger charge is -2.33. The van der Waals surface area contributed by atoms with Crippen LogP contribution in [0.4, 0.5) is 34.1 Å². The van der Waals surface area contributed by atoms with Crippen LogP contribution in [0.2, 0.25) is 0 Å². The molecular weight excluding hydrogens is 1290 g/mol. The normalized spacial score (nSPS) is 15.1. The van der Waals surface area contributed by atoms with Gasteiger partial charge in [-0.2, -0.15) is 0 Å². The Balaban J connectivity index is 0.675. The van der Waals surface area contributed by atoms with Gasteiger partial charge in [0.25, 0.3) is 0 Å². The molecule has 0 bridgehead atoms. The summed E-state index contributed by atoms with van der Waals surface area (Å²) in [6.45, 7) is 2.51. The van der Waals surface area contributed by atoms with Gasteiger partial charge in [0.15, 0.2) is 0 Å². The number of rotatable bonds is 9. The summed E-state index contributed by atoms with van der Waals surface area (Å²) in [5.41, 5.74) is 36.9. The van der Waals surface area contributed by atoms with Crippen molar-refractivity contribution < 1.29 is 4.42 Å². The molecule has 16 aromatic carbocycles. The van der Waals surface area contributed by atoms with Gasteiger partial charge in [0, 0.05) is 70.5 Å². The topological polar surface area (TPSA) is 19.6 Å². The maximum absolute atomic E-state index is 6.56. The minimum absolute atomic E-state index is 0.414. The number of hydrogen-bond acceptors (Lipinski definition) is 4. The highest BCUT2D eigenvalue weighted by Gasteiger charge is 2.54. The monoisotopic (exact) mass is 1350 g/mol. The first-order chi connectivity index (χ1) is 51.9. The average molecular weight is 1350 g/mol. The minimum atomic E-state index is -0.510. The largest absolute Gasteiger partial charge is 0.456 e. The number of furan rings is 1. The van der Waals surface area contributed by atoms with Crippen molar-refractivity contribution in [1.82, 2.24) is 0 Å². The van der Waals surface area contributed by atoms with E-state index in [0.29, 0.717) is 0 Å². The molecule has 4 heteroatoms. The van der Waals surface area contributed by atoms with Gasteiger partial charge in [0.05, 0.1) is 10.8 Å². The van der Waals surface area contributed by atoms with Gasteiger partial charge in [-0.15, -0.1) is 11.3 Å². The van der Waals surface area contributed by atoms with Crippen LogP contribution in [0, 0.1) is 0 Å². The van der Waals surface area contributed by atoms with Crippen LogP contribution in [-0.4, -0.2) is 0 Å². The van der Waals surface area contributed by atoms with E-state index in [-0.39, 0.29) is 0 Å². The third kappa shape index (κ3) is 7.99. The zero-order valence-corrected chi connectivity index (χ0v) is 58.3. The van der Waals surface area contributed by atoms with Crippen molar-refractivity contribution in [3.63, 3.8) is 0 Å². The summed E-state index contributed by atoms with van der Waals surface area (Å²) < 4.78 is 9.15. The molecule has 5 aliphatic rings. The van der Waals surface area contributed by atoms with Crippen molar-refractivity contribution >= 4 is 87.6 Å². The third-order valence-corrected chi connectivity index (χ3v) is 25.6. The zero-order chi connectivity index (χ0) is 68.9. The highest BCUT2D eigenvalue weighted by molar-refractivity contribution is 7.26. The Labute approximate surface area is 613 Å². The van der Waals surface area contributed by atoms with Crippen LogP contribution in [0.25, 0.3) is 109 Å². The highest BCUT2D eigenvalue weighted by Crippen LogP contribution is 2.66. The summed E-state index contributed by atoms with van der Waals surface area (Å²) >= 11 is 1.93. The summed E-state index contributed by atoms with van der Waals surface area (Å²) in [5, 5.41) is 4.73. The second kappa shape index (κ2) is 21.8. The van der Waals surface area contributed by atoms with E-state index in [1.807, 2.05) is 11.3 Å². The third-order valence-electron chi connectivity index (χ3n) is 24.4. The zero-order valence-electron chi connectivity index (χ0n) is 57.5. The summed E-state index contributed by atoms with van der Waals surface area (Å²) in [5.74, 6) is 0. The van der Waals surface area contributed by atoms with Crippen LogP contribution in [0.15, 0.2) is 362 Å². The molecule has 2 heterocycles. The quantitative estimate of drug-likeness (QED) is 0.144. The fourth-order valence-corrected chi connectivity index (χ4v) is 21.2. The van der Waals surface area contributed by atoms with Crippen molar-refractivity contribution in [3.05, 3.63) is 419 Å². The molecule has 0 fully saturated rings. The van der Waals surface area contributed by atoms with E-state index in [9.17, 15) is 0 Å². The molecule has 0 amide bonds. The first-order valence-corrected chi connectivity index (χ1v) is 37.5. The Bertz CT molecular complexity index is 6620. The molecule has 2 aromatic heterocycles. The van der Waals surface area contributed by atoms with Gasteiger partial charge >= 0.3 is 0 Å². The number of benzene rings is 16. The van der Waals surface area contributed by atoms with Gasteiger partial charge < -0.3 is 14.2 Å². The lowest BCUT2D eigenvalue weighted by atomic mass is 9.70. The number of para-hydroxylation sites is 1. The summed E-state index contributed by atoms with van der Waals surface area (Å²) in [7, 11) is 0. The lowest BCUT2D eigenvalue weighted by molar-refractivity contribution is 0.585. The summed E-state index contributed by atoms with van der Waals surface area (Å²) in [6, 6.07) is 135. The summed E-state index contributed by atoms with van der Waals surface area (Å²) in [6.07, 6.45) is 0.800. The summed E-state index contributed by atoms with van der Waals surface area (Å²) in [4.78, 5) is 5.02. The predicted molar refractivity (Wildman–Crippen MR) is 436 cm³/mol. The molecule has 2 spiro atoms. The molecule has 23 rings (SSSR count). The fourth-order valence-electron chi connectivity index (χ4n) is 20.0. The molecule has 0 aliphatic heterocycles. The Hall–Kier alpha value is -12.9. The standard InChI is InChI=1S/C101H64N2OS/c1-99(61-64-24-21-33-82-84-57-67(50-55-97(84)105-98(64)82)102(65-44-42-63(43-45-65)62-22-3-2-4-23-62)69-47-52-79-76-30-10-18-39-90(76)100(93(79)59-69)86-35-14-6-26-72(86)73-27-7-15-36-87(73)100)85-34-13-5-25-71(85)78-51-46-68(58-92(78)99)103(66-49-54-96-83(56-66)81-32-12-20-41-95(81)104-96)70-48-53-80-77-31-11-19-40-91(77)101(94(80)60-70)88-37-16-8-28-74(88)75-29-9-17-38-89(75)101/h2-60H,61H2,1H3. The minimum Gasteiger partial charge on any atom is -0.456 e. The van der Waals surface area contributed by atoms with Crippen LogP contribution in [0.5, 0.6) is 0 Å². The number of nitrogens with zero attached hydrogens (tertiary/aromatic N) is 2. The van der Waals surface area contributed by atoms with Crippen LogP contribution < -0.4 is 9.80 Å². The first-order valence-electron chi connectivity index (χ1n) is 36.7. The van der Waals surface area contributed by atoms with Gasteiger partial charge in [-0.3, -0.25) is 0 Å². The van der Waals surface area contributed by atoms with Gasteiger partial charge in [0.2, 0.25) is 0 Å². The Morgan fingerprint density at radius 1 is 0.257 bits per heavy atom. The van der Waals surface area contributed by atoms with Crippen molar-refractivity contribution in [2.45, 2.75) is 29.6 Å². The van der Waals surface area contributed by atoms with E-state index >= 15 is 0 Å². The van der Waals surface area contributed by atoms with Crippen molar-refractivity contribution in [2.24, 2.45) is 0 Å². The molecule has 3 nitrogen and oxygen atoms in total. The molecule has 0 radical (unpaired) electrons. The number of hydrogen-bond donors (Lipinski definition) is 0. The second-order valence-electron chi connectivity index (χ2n) is 29.5. The smallest absolute Gasteiger partial charge is 0.135 e. The van der Waals surface area contributed by atoms with Crippen molar-refractivity contribution in [2.75, 3.05) is 9.80 Å². The molecule has 490 valence electrons. The van der Waals surface area contributed by atoms with E-state index in [4.69, 9.17) is 4.42 Å². The number of fused-ring (bicyclic) bond motifs is 29. The van der Waals surface area contributed by atoms with Crippen molar-refractivity contribution in [3.8, 4) is 66.8 Å². The van der Waals surface area contributed by atoms with Gasteiger partial charge in [-0.05, 0) is 225 Å². The average Bonchev–Trinajstić information content (AvgIpc) is 1.54. The van der Waals surface area contributed by atoms with Crippen LogP contribution in [0.1, 0.15) is 68.1 Å². The molecule has 105 heavy (non-hydrogen) atoms. The van der Waals surface area contributed by atoms with Gasteiger partial charge in [-0.1, -0.05) is 274 Å². The van der Waals surface area contributed by atoms with Gasteiger partial charge in [-0.25, -0.2) is 0 Å². The molecule has 18 aromatic rings. The van der Waals surface area contributed by atoms with E-state index in [1.54, 1.807) is 0 Å². The van der Waals surface area contributed by atoms with E-state index in [1.165, 1.54) is 148 Å². The molecule has 0 saturated carbocycles. The molecule has 5 aliphatic carbocycles. The maximum Gasteiger partial charge on any atom is 0.135 e. The highest BCUT2D eigenvalue weighted by atomic mass is 32.1. The maximum atomic E-state index is 6.56. The SMILES string of the molecule is CC1(Cc2cccc3c2sc2ccc(N(c4ccc(-c5ccccc5)cc4)c4ccc5c(c4)C4(c6ccccc6-c6ccccc64)c4ccccc4-5)cc23)c2ccccc2-c2ccc(N(c3ccc4c(c3)C3(c5ccccc5-c5ccccc53)c3ccccc3-4)c3ccc4oc5ccccc5c4c3)cc21. The van der Waals surface area contributed by atoms with E-state index < -0.39 is 16.2 Å². The van der Waals surface area contributed by atoms with E-state index in [2.05, 4.69) is 375 Å². The first kappa shape index (κ1) is 58.7. The molecule has 1 unspecified atom stereocenters. The molecule has 0 N–H and O–H groups in total. The fraction of sp³-hybridized carbons (Fsp3) is 0.0495. The second-order valence-corrected chi connectivity index (χ2v) is 30.5. The van der Waals surface area contributed by atoms with Crippen molar-refractivity contribution in [1.29, 1.82) is 0 Å². The molecule has 0 saturated heterocycles. The molecular formula is C101H64N2OS. The van der Waals surface area contributed by atoms with Crippen LogP contribution in [-0.2, 0) is 22.7 Å². The molecule has 1 atom stereocenters. The lowest BCUT2D eigenvalue weighted by Crippen LogP contribution is -2.26. The Morgan fingerprint density at radius 2 is 0.619 bits per heavy atom. The Morgan fingerprint density at radius 3 is 1.15 bits per heavy atom. The van der Waals surface area contributed by atoms with E-state index in [0.717, 1.165) is 62.5 Å². The van der Waals surface area contributed by atoms with Crippen LogP contribution >= 0.6 is 11.3 Å². The van der Waals surface area contributed by atoms with Crippen LogP contribution in [0.3, 0.4) is 0 Å². The number of thiophene rings is 1. The predicted octanol–water partition coefficient (Wildman–Crippen LogP) is 26.8. The Kier molecular flexibility index (Phi) is 12.2.